The molecule has 6 rings (SSSR count). The van der Waals surface area contributed by atoms with Crippen molar-refractivity contribution >= 4 is 23.2 Å². The molecule has 1 saturated carbocycles. The third-order valence-corrected chi connectivity index (χ3v) is 8.39. The minimum absolute atomic E-state index is 0.214. The number of hydrogen-bond acceptors (Lipinski definition) is 12. The number of nitrogens with one attached hydrogen (secondary N) is 1. The Hall–Kier alpha value is -4.32. The Kier molecular flexibility index (Phi) is 9.99. The van der Waals surface area contributed by atoms with Crippen LogP contribution < -0.4 is 14.8 Å². The topological polar surface area (TPSA) is 154 Å². The van der Waals surface area contributed by atoms with E-state index in [-0.39, 0.29) is 25.2 Å². The lowest BCUT2D eigenvalue weighted by Crippen LogP contribution is -2.45. The van der Waals surface area contributed by atoms with Crippen LogP contribution >= 0.6 is 11.6 Å². The zero-order chi connectivity index (χ0) is 31.0. The molecule has 1 atom stereocenters. The average molecular weight is 634 g/mol. The van der Waals surface area contributed by atoms with E-state index < -0.39 is 0 Å². The summed E-state index contributed by atoms with van der Waals surface area (Å²) in [5, 5.41) is 28.7. The lowest BCUT2D eigenvalue weighted by atomic mass is 9.90. The smallest absolute Gasteiger partial charge is 0.256 e. The molecule has 0 amide bonds. The van der Waals surface area contributed by atoms with Gasteiger partial charge >= 0.3 is 0 Å². The summed E-state index contributed by atoms with van der Waals surface area (Å²) in [5.41, 5.74) is 2.32. The highest BCUT2D eigenvalue weighted by Gasteiger charge is 2.29. The van der Waals surface area contributed by atoms with Crippen LogP contribution in [0.1, 0.15) is 45.1 Å². The molecule has 0 bridgehead atoms. The molecule has 236 valence electrons. The van der Waals surface area contributed by atoms with E-state index in [9.17, 15) is 0 Å². The molecule has 0 radical (unpaired) electrons. The lowest BCUT2D eigenvalue weighted by Gasteiger charge is -2.38. The van der Waals surface area contributed by atoms with Gasteiger partial charge in [-0.05, 0) is 60.7 Å². The van der Waals surface area contributed by atoms with Crippen molar-refractivity contribution in [2.24, 2.45) is 0 Å². The fraction of sp³-hybridized carbons (Fsp3) is 0.500. The summed E-state index contributed by atoms with van der Waals surface area (Å²) in [4.78, 5) is 11.7. The SMILES string of the molecule is C[C@@H](Cn1cnnn1)Oc1cc(-c2cnc(Nc3cn([C@H]4CC[C@H](N5CCOCC5)CC4)nc3OCCC#N)nc2)ccc1Cl. The van der Waals surface area contributed by atoms with E-state index in [1.54, 1.807) is 23.1 Å². The van der Waals surface area contributed by atoms with Gasteiger partial charge in [-0.25, -0.2) is 14.6 Å². The average Bonchev–Trinajstić information content (AvgIpc) is 3.73. The second-order valence-electron chi connectivity index (χ2n) is 11.2. The van der Waals surface area contributed by atoms with Crippen molar-refractivity contribution in [3.05, 3.63) is 48.1 Å². The zero-order valence-electron chi connectivity index (χ0n) is 25.1. The second kappa shape index (κ2) is 14.6. The van der Waals surface area contributed by atoms with Gasteiger partial charge in [-0.15, -0.1) is 10.2 Å². The van der Waals surface area contributed by atoms with Crippen molar-refractivity contribution in [1.82, 2.24) is 44.9 Å². The standard InChI is InChI=1S/C30H36ClN11O3/c1-21(18-41-20-35-38-39-41)45-28-15-22(3-8-26(28)31)23-16-33-30(34-17-23)36-27-19-42(37-29(27)44-12-2-9-32)25-6-4-24(5-7-25)40-10-13-43-14-11-40/h3,8,15-17,19-21,24-25H,2,4-7,10-14,18H2,1H3,(H,33,34,36)/t21-,24-,25-/m0/s1. The molecule has 1 aliphatic heterocycles. The Bertz CT molecular complexity index is 1560. The van der Waals surface area contributed by atoms with E-state index in [4.69, 9.17) is 36.2 Å². The molecule has 1 saturated heterocycles. The van der Waals surface area contributed by atoms with E-state index in [1.807, 2.05) is 29.9 Å². The van der Waals surface area contributed by atoms with E-state index in [1.165, 1.54) is 6.33 Å². The first-order chi connectivity index (χ1) is 22.1. The quantitative estimate of drug-likeness (QED) is 0.221. The van der Waals surface area contributed by atoms with E-state index in [0.29, 0.717) is 40.9 Å². The molecule has 15 heteroatoms. The van der Waals surface area contributed by atoms with Crippen molar-refractivity contribution in [2.75, 3.05) is 38.2 Å². The van der Waals surface area contributed by atoms with Crippen LogP contribution in [0.5, 0.6) is 11.6 Å². The second-order valence-corrected chi connectivity index (χ2v) is 11.6. The van der Waals surface area contributed by atoms with Crippen molar-refractivity contribution < 1.29 is 14.2 Å². The van der Waals surface area contributed by atoms with Crippen molar-refractivity contribution in [2.45, 2.75) is 63.8 Å². The number of hydrogen-bond donors (Lipinski definition) is 1. The summed E-state index contributed by atoms with van der Waals surface area (Å²) in [6, 6.07) is 8.54. The molecule has 2 aliphatic rings. The van der Waals surface area contributed by atoms with Gasteiger partial charge in [-0.3, -0.25) is 9.58 Å². The van der Waals surface area contributed by atoms with Gasteiger partial charge in [-0.1, -0.05) is 17.7 Å². The first-order valence-electron chi connectivity index (χ1n) is 15.2. The minimum Gasteiger partial charge on any atom is -0.487 e. The highest BCUT2D eigenvalue weighted by Crippen LogP contribution is 2.35. The van der Waals surface area contributed by atoms with Gasteiger partial charge < -0.3 is 19.5 Å². The van der Waals surface area contributed by atoms with Crippen molar-refractivity contribution in [3.63, 3.8) is 0 Å². The Morgan fingerprint density at radius 3 is 2.62 bits per heavy atom. The molecule has 4 aromatic rings. The predicted octanol–water partition coefficient (Wildman–Crippen LogP) is 4.30. The molecule has 1 aromatic carbocycles. The van der Waals surface area contributed by atoms with Crippen LogP contribution in [-0.4, -0.2) is 89.9 Å². The molecule has 4 heterocycles. The Balaban J connectivity index is 1.12. The first kappa shape index (κ1) is 30.7. The molecule has 3 aromatic heterocycles. The van der Waals surface area contributed by atoms with Crippen LogP contribution in [-0.2, 0) is 11.3 Å². The molecule has 14 nitrogen and oxygen atoms in total. The number of rotatable bonds is 12. The van der Waals surface area contributed by atoms with Crippen LogP contribution in [0, 0.1) is 11.3 Å². The molecule has 45 heavy (non-hydrogen) atoms. The molecular weight excluding hydrogens is 598 g/mol. The van der Waals surface area contributed by atoms with Gasteiger partial charge in [0.1, 0.15) is 30.5 Å². The third kappa shape index (κ3) is 7.86. The van der Waals surface area contributed by atoms with E-state index >= 15 is 0 Å². The molecule has 0 spiro atoms. The highest BCUT2D eigenvalue weighted by atomic mass is 35.5. The fourth-order valence-electron chi connectivity index (χ4n) is 5.80. The van der Waals surface area contributed by atoms with E-state index in [2.05, 4.69) is 41.8 Å². The van der Waals surface area contributed by atoms with E-state index in [0.717, 1.165) is 63.1 Å². The number of morpholine rings is 1. The highest BCUT2D eigenvalue weighted by molar-refractivity contribution is 6.32. The molecule has 1 N–H and O–H groups in total. The summed E-state index contributed by atoms with van der Waals surface area (Å²) >= 11 is 6.43. The van der Waals surface area contributed by atoms with Gasteiger partial charge in [0.25, 0.3) is 5.88 Å². The number of ether oxygens (including phenoxy) is 3. The normalized spacial score (nSPS) is 19.5. The number of aromatic nitrogens is 8. The van der Waals surface area contributed by atoms with Gasteiger partial charge in [0.15, 0.2) is 0 Å². The van der Waals surface area contributed by atoms with Crippen LogP contribution in [0.4, 0.5) is 11.6 Å². The Labute approximate surface area is 266 Å². The summed E-state index contributed by atoms with van der Waals surface area (Å²) in [5.74, 6) is 1.38. The Morgan fingerprint density at radius 1 is 1.11 bits per heavy atom. The molecule has 1 aliphatic carbocycles. The van der Waals surface area contributed by atoms with Gasteiger partial charge in [0.2, 0.25) is 5.95 Å². The monoisotopic (exact) mass is 633 g/mol. The predicted molar refractivity (Wildman–Crippen MR) is 165 cm³/mol. The van der Waals surface area contributed by atoms with Crippen LogP contribution in [0.3, 0.4) is 0 Å². The summed E-state index contributed by atoms with van der Waals surface area (Å²) in [7, 11) is 0. The molecular formula is C30H36ClN11O3. The minimum atomic E-state index is -0.214. The molecule has 2 fully saturated rings. The first-order valence-corrected chi connectivity index (χ1v) is 15.6. The van der Waals surface area contributed by atoms with Crippen LogP contribution in [0.15, 0.2) is 43.1 Å². The zero-order valence-corrected chi connectivity index (χ0v) is 25.9. The Morgan fingerprint density at radius 2 is 1.89 bits per heavy atom. The van der Waals surface area contributed by atoms with Crippen LogP contribution in [0.2, 0.25) is 5.02 Å². The fourth-order valence-corrected chi connectivity index (χ4v) is 5.96. The number of anilines is 2. The van der Waals surface area contributed by atoms with Gasteiger partial charge in [0.05, 0.1) is 49.5 Å². The summed E-state index contributed by atoms with van der Waals surface area (Å²) in [6.07, 6.45) is 11.3. The third-order valence-electron chi connectivity index (χ3n) is 8.08. The van der Waals surface area contributed by atoms with Gasteiger partial charge in [0, 0.05) is 37.1 Å². The maximum absolute atomic E-state index is 9.01. The van der Waals surface area contributed by atoms with Gasteiger partial charge in [-0.2, -0.15) is 5.26 Å². The van der Waals surface area contributed by atoms with Crippen molar-refractivity contribution in [3.8, 4) is 28.8 Å². The maximum Gasteiger partial charge on any atom is 0.256 e. The largest absolute Gasteiger partial charge is 0.487 e. The van der Waals surface area contributed by atoms with Crippen LogP contribution in [0.25, 0.3) is 11.1 Å². The number of tetrazole rings is 1. The maximum atomic E-state index is 9.01. The number of benzene rings is 1. The summed E-state index contributed by atoms with van der Waals surface area (Å²) in [6.45, 7) is 6.31. The number of nitriles is 1. The lowest BCUT2D eigenvalue weighted by molar-refractivity contribution is 0.00503. The molecule has 0 unspecified atom stereocenters. The number of nitrogens with zero attached hydrogens (tertiary/aromatic N) is 10. The van der Waals surface area contributed by atoms with Crippen molar-refractivity contribution in [1.29, 1.82) is 5.26 Å². The summed E-state index contributed by atoms with van der Waals surface area (Å²) < 4.78 is 21.1. The number of halogens is 1.